The summed E-state index contributed by atoms with van der Waals surface area (Å²) < 4.78 is 0. The van der Waals surface area contributed by atoms with E-state index in [-0.39, 0.29) is 0 Å². The summed E-state index contributed by atoms with van der Waals surface area (Å²) >= 11 is 12.0. The van der Waals surface area contributed by atoms with Gasteiger partial charge in [-0.2, -0.15) is 0 Å². The van der Waals surface area contributed by atoms with E-state index in [2.05, 4.69) is 5.32 Å². The fraction of sp³-hybridized carbons (Fsp3) is 0. The number of primary amides is 1. The molecule has 1 amide bonds. The molecule has 6 heteroatoms. The zero-order valence-electron chi connectivity index (χ0n) is 9.78. The molecule has 2 rings (SSSR count). The van der Waals surface area contributed by atoms with Crippen LogP contribution in [0, 0.1) is 0 Å². The van der Waals surface area contributed by atoms with Crippen LogP contribution < -0.4 is 16.8 Å². The van der Waals surface area contributed by atoms with Crippen molar-refractivity contribution in [2.45, 2.75) is 0 Å². The van der Waals surface area contributed by atoms with Crippen molar-refractivity contribution in [3.05, 3.63) is 52.0 Å². The molecule has 0 saturated carbocycles. The number of anilines is 3. The third kappa shape index (κ3) is 2.92. The Labute approximate surface area is 120 Å². The number of nitrogens with one attached hydrogen (secondary N) is 1. The number of carbonyl (C=O) groups is 1. The Hall–Kier alpha value is -1.91. The van der Waals surface area contributed by atoms with E-state index in [4.69, 9.17) is 34.7 Å². The molecule has 5 N–H and O–H groups in total. The van der Waals surface area contributed by atoms with E-state index >= 15 is 0 Å². The molecule has 2 aromatic carbocycles. The quantitative estimate of drug-likeness (QED) is 0.759. The monoisotopic (exact) mass is 295 g/mol. The molecule has 0 aliphatic carbocycles. The number of halogens is 2. The van der Waals surface area contributed by atoms with E-state index in [1.807, 2.05) is 0 Å². The topological polar surface area (TPSA) is 81.1 Å². The lowest BCUT2D eigenvalue weighted by atomic mass is 10.1. The zero-order valence-corrected chi connectivity index (χ0v) is 11.3. The highest BCUT2D eigenvalue weighted by atomic mass is 35.5. The minimum absolute atomic E-state index is 0.324. The summed E-state index contributed by atoms with van der Waals surface area (Å²) in [7, 11) is 0. The van der Waals surface area contributed by atoms with Crippen molar-refractivity contribution >= 4 is 46.2 Å². The molecule has 0 aliphatic heterocycles. The van der Waals surface area contributed by atoms with Crippen molar-refractivity contribution in [1.29, 1.82) is 0 Å². The smallest absolute Gasteiger partial charge is 0.250 e. The fourth-order valence-electron chi connectivity index (χ4n) is 1.63. The van der Waals surface area contributed by atoms with Crippen LogP contribution in [0.1, 0.15) is 10.4 Å². The van der Waals surface area contributed by atoms with Gasteiger partial charge in [0, 0.05) is 5.69 Å². The van der Waals surface area contributed by atoms with Gasteiger partial charge in [0.2, 0.25) is 0 Å². The maximum atomic E-state index is 11.4. The summed E-state index contributed by atoms with van der Waals surface area (Å²) in [5.74, 6) is -0.555. The average molecular weight is 296 g/mol. The van der Waals surface area contributed by atoms with Crippen LogP contribution >= 0.6 is 23.2 Å². The Morgan fingerprint density at radius 3 is 2.53 bits per heavy atom. The standard InChI is InChI=1S/C13H11Cl2N3O/c14-9-2-1-3-10(12(9)15)18-11-6-7(16)4-5-8(11)13(17)19/h1-6,18H,16H2,(H2,17,19). The lowest BCUT2D eigenvalue weighted by Gasteiger charge is -2.12. The van der Waals surface area contributed by atoms with E-state index in [9.17, 15) is 4.79 Å². The first kappa shape index (κ1) is 13.5. The Bertz CT molecular complexity index is 644. The van der Waals surface area contributed by atoms with Crippen LogP contribution in [0.5, 0.6) is 0 Å². The third-order valence-electron chi connectivity index (χ3n) is 2.53. The second kappa shape index (κ2) is 5.38. The number of nitrogens with two attached hydrogens (primary N) is 2. The largest absolute Gasteiger partial charge is 0.399 e. The molecule has 0 radical (unpaired) electrons. The number of hydrogen-bond donors (Lipinski definition) is 3. The average Bonchev–Trinajstić information content (AvgIpc) is 2.35. The Kier molecular flexibility index (Phi) is 3.83. The second-order valence-electron chi connectivity index (χ2n) is 3.90. The Balaban J connectivity index is 2.45. The van der Waals surface area contributed by atoms with Crippen LogP contribution in [0.25, 0.3) is 0 Å². The lowest BCUT2D eigenvalue weighted by molar-refractivity contribution is 0.100. The van der Waals surface area contributed by atoms with E-state index in [0.717, 1.165) is 0 Å². The number of nitrogen functional groups attached to an aromatic ring is 1. The van der Waals surface area contributed by atoms with Gasteiger partial charge >= 0.3 is 0 Å². The van der Waals surface area contributed by atoms with Gasteiger partial charge in [-0.25, -0.2) is 0 Å². The van der Waals surface area contributed by atoms with Crippen LogP contribution in [-0.4, -0.2) is 5.91 Å². The highest BCUT2D eigenvalue weighted by molar-refractivity contribution is 6.43. The summed E-state index contributed by atoms with van der Waals surface area (Å²) in [5, 5.41) is 3.78. The molecule has 0 unspecified atom stereocenters. The normalized spacial score (nSPS) is 10.2. The molecule has 19 heavy (non-hydrogen) atoms. The molecule has 0 fully saturated rings. The number of amides is 1. The molecule has 4 nitrogen and oxygen atoms in total. The van der Waals surface area contributed by atoms with Gasteiger partial charge in [-0.1, -0.05) is 29.3 Å². The van der Waals surface area contributed by atoms with Crippen molar-refractivity contribution in [2.24, 2.45) is 5.73 Å². The van der Waals surface area contributed by atoms with Gasteiger partial charge in [0.15, 0.2) is 0 Å². The Morgan fingerprint density at radius 2 is 1.84 bits per heavy atom. The van der Waals surface area contributed by atoms with Crippen LogP contribution in [0.2, 0.25) is 10.0 Å². The van der Waals surface area contributed by atoms with Crippen molar-refractivity contribution in [3.63, 3.8) is 0 Å². The molecule has 0 heterocycles. The first-order chi connectivity index (χ1) is 8.99. The second-order valence-corrected chi connectivity index (χ2v) is 4.68. The van der Waals surface area contributed by atoms with Crippen molar-refractivity contribution in [3.8, 4) is 0 Å². The molecule has 0 bridgehead atoms. The number of benzene rings is 2. The lowest BCUT2D eigenvalue weighted by Crippen LogP contribution is -2.13. The van der Waals surface area contributed by atoms with Crippen molar-refractivity contribution in [2.75, 3.05) is 11.1 Å². The van der Waals surface area contributed by atoms with Crippen molar-refractivity contribution in [1.82, 2.24) is 0 Å². The summed E-state index contributed by atoms with van der Waals surface area (Å²) in [6.07, 6.45) is 0. The maximum Gasteiger partial charge on any atom is 0.250 e. The zero-order chi connectivity index (χ0) is 14.0. The van der Waals surface area contributed by atoms with E-state index in [1.54, 1.807) is 36.4 Å². The maximum absolute atomic E-state index is 11.4. The predicted molar refractivity (Wildman–Crippen MR) is 79.1 cm³/mol. The molecular formula is C13H11Cl2N3O. The SMILES string of the molecule is NC(=O)c1ccc(N)cc1Nc1cccc(Cl)c1Cl. The highest BCUT2D eigenvalue weighted by Crippen LogP contribution is 2.33. The van der Waals surface area contributed by atoms with E-state index < -0.39 is 5.91 Å². The number of carbonyl (C=O) groups excluding carboxylic acids is 1. The molecule has 2 aromatic rings. The first-order valence-electron chi connectivity index (χ1n) is 5.39. The molecule has 0 aliphatic rings. The number of hydrogen-bond acceptors (Lipinski definition) is 3. The van der Waals surface area contributed by atoms with Crippen LogP contribution in [-0.2, 0) is 0 Å². The summed E-state index contributed by atoms with van der Waals surface area (Å²) in [4.78, 5) is 11.4. The number of rotatable bonds is 3. The molecule has 0 saturated heterocycles. The molecular weight excluding hydrogens is 285 g/mol. The van der Waals surface area contributed by atoms with Gasteiger partial charge in [0.1, 0.15) is 0 Å². The highest BCUT2D eigenvalue weighted by Gasteiger charge is 2.11. The van der Waals surface area contributed by atoms with Gasteiger partial charge in [0.05, 0.1) is 27.0 Å². The predicted octanol–water partition coefficient (Wildman–Crippen LogP) is 3.42. The first-order valence-corrected chi connectivity index (χ1v) is 6.15. The minimum atomic E-state index is -0.555. The van der Waals surface area contributed by atoms with Gasteiger partial charge in [-0.05, 0) is 30.3 Å². The van der Waals surface area contributed by atoms with Crippen molar-refractivity contribution < 1.29 is 4.79 Å². The molecule has 0 atom stereocenters. The van der Waals surface area contributed by atoms with Crippen LogP contribution in [0.3, 0.4) is 0 Å². The minimum Gasteiger partial charge on any atom is -0.399 e. The van der Waals surface area contributed by atoms with Gasteiger partial charge in [-0.15, -0.1) is 0 Å². The van der Waals surface area contributed by atoms with Gasteiger partial charge < -0.3 is 16.8 Å². The van der Waals surface area contributed by atoms with Crippen LogP contribution in [0.4, 0.5) is 17.1 Å². The third-order valence-corrected chi connectivity index (χ3v) is 3.35. The Morgan fingerprint density at radius 1 is 1.11 bits per heavy atom. The van der Waals surface area contributed by atoms with Crippen LogP contribution in [0.15, 0.2) is 36.4 Å². The van der Waals surface area contributed by atoms with Gasteiger partial charge in [-0.3, -0.25) is 4.79 Å². The molecule has 98 valence electrons. The van der Waals surface area contributed by atoms with Gasteiger partial charge in [0.25, 0.3) is 5.91 Å². The van der Waals surface area contributed by atoms with E-state index in [1.165, 1.54) is 0 Å². The summed E-state index contributed by atoms with van der Waals surface area (Å²) in [6, 6.07) is 9.92. The summed E-state index contributed by atoms with van der Waals surface area (Å²) in [6.45, 7) is 0. The molecule has 0 aromatic heterocycles. The fourth-order valence-corrected chi connectivity index (χ4v) is 1.97. The van der Waals surface area contributed by atoms with E-state index in [0.29, 0.717) is 32.7 Å². The summed E-state index contributed by atoms with van der Waals surface area (Å²) in [5.41, 5.74) is 12.9. The molecule has 0 spiro atoms.